The van der Waals surface area contributed by atoms with E-state index in [9.17, 15) is 24.0 Å². The number of hydrogen-bond donors (Lipinski definition) is 1. The molecule has 0 saturated carbocycles. The van der Waals surface area contributed by atoms with Crippen molar-refractivity contribution >= 4 is 67.8 Å². The molecule has 0 fully saturated rings. The zero-order valence-electron chi connectivity index (χ0n) is 29.0. The van der Waals surface area contributed by atoms with E-state index in [1.807, 2.05) is 51.9 Å². The van der Waals surface area contributed by atoms with Crippen LogP contribution in [0.25, 0.3) is 0 Å². The average Bonchev–Trinajstić information content (AvgIpc) is 3.62. The lowest BCUT2D eigenvalue weighted by atomic mass is 9.86. The maximum Gasteiger partial charge on any atom is 0.355 e. The second-order valence-corrected chi connectivity index (χ2v) is 14.2. The zero-order valence-corrected chi connectivity index (χ0v) is 30.7. The number of aromatic carboxylic acids is 1. The van der Waals surface area contributed by atoms with Gasteiger partial charge in [-0.2, -0.15) is 0 Å². The molecule has 258 valence electrons. The Kier molecular flexibility index (Phi) is 18.9. The summed E-state index contributed by atoms with van der Waals surface area (Å²) in [6, 6.07) is 0.0120. The number of esters is 2. The highest BCUT2D eigenvalue weighted by molar-refractivity contribution is 7.10. The molecular weight excluding hydrogens is 642 g/mol. The Bertz CT molecular complexity index is 1290. The Labute approximate surface area is 288 Å². The summed E-state index contributed by atoms with van der Waals surface area (Å²) >= 11 is 2.65. The quantitative estimate of drug-likeness (QED) is 0.122. The molecule has 2 aromatic rings. The summed E-state index contributed by atoms with van der Waals surface area (Å²) < 4.78 is 11.1. The minimum absolute atomic E-state index is 0.0678. The second kappa shape index (κ2) is 21.1. The van der Waals surface area contributed by atoms with E-state index in [-0.39, 0.29) is 41.7 Å². The van der Waals surface area contributed by atoms with Gasteiger partial charge >= 0.3 is 17.9 Å². The number of thiazole rings is 2. The molecule has 16 heteroatoms. The van der Waals surface area contributed by atoms with Crippen LogP contribution in [0.15, 0.2) is 10.8 Å². The van der Waals surface area contributed by atoms with Crippen molar-refractivity contribution in [1.29, 1.82) is 0 Å². The second-order valence-electron chi connectivity index (χ2n) is 12.4. The van der Waals surface area contributed by atoms with Gasteiger partial charge in [-0.3, -0.25) is 9.59 Å². The molecule has 1 N–H and O–H groups in total. The van der Waals surface area contributed by atoms with E-state index in [1.165, 1.54) is 38.5 Å². The average molecular weight is 691 g/mol. The highest BCUT2D eigenvalue weighted by Crippen LogP contribution is 2.31. The van der Waals surface area contributed by atoms with Gasteiger partial charge in [0.2, 0.25) is 0 Å². The van der Waals surface area contributed by atoms with Gasteiger partial charge < -0.3 is 33.8 Å². The monoisotopic (exact) mass is 690 g/mol. The van der Waals surface area contributed by atoms with Gasteiger partial charge in [-0.15, -0.1) is 22.7 Å². The fourth-order valence-corrected chi connectivity index (χ4v) is 6.53. The Balaban J connectivity index is 0.000000470. The Hall–Kier alpha value is -2.94. The summed E-state index contributed by atoms with van der Waals surface area (Å²) in [4.78, 5) is 68.2. The van der Waals surface area contributed by atoms with Crippen LogP contribution in [-0.4, -0.2) is 96.0 Å². The zero-order chi connectivity index (χ0) is 35.8. The highest BCUT2D eigenvalue weighted by atomic mass is 32.1. The van der Waals surface area contributed by atoms with Crippen molar-refractivity contribution in [2.45, 2.75) is 98.9 Å². The number of carbonyl (C=O) groups is 5. The van der Waals surface area contributed by atoms with Gasteiger partial charge in [-0.05, 0) is 38.8 Å². The van der Waals surface area contributed by atoms with Crippen molar-refractivity contribution in [2.24, 2.45) is 17.8 Å². The first-order valence-corrected chi connectivity index (χ1v) is 17.2. The van der Waals surface area contributed by atoms with E-state index in [1.54, 1.807) is 11.9 Å². The van der Waals surface area contributed by atoms with Gasteiger partial charge in [-0.25, -0.2) is 14.8 Å². The van der Waals surface area contributed by atoms with Gasteiger partial charge in [0.15, 0.2) is 17.9 Å². The van der Waals surface area contributed by atoms with Crippen molar-refractivity contribution < 1.29 is 38.6 Å². The van der Waals surface area contributed by atoms with Crippen LogP contribution in [0.3, 0.4) is 0 Å². The summed E-state index contributed by atoms with van der Waals surface area (Å²) in [7, 11) is 6.58. The van der Waals surface area contributed by atoms with E-state index < -0.39 is 18.0 Å². The molecule has 0 aliphatic rings. The molecule has 2 rings (SSSR count). The van der Waals surface area contributed by atoms with Crippen LogP contribution >= 0.6 is 22.7 Å². The number of ether oxygens (including phenoxy) is 2. The Morgan fingerprint density at radius 2 is 1.32 bits per heavy atom. The van der Waals surface area contributed by atoms with Crippen molar-refractivity contribution in [3.8, 4) is 0 Å². The van der Waals surface area contributed by atoms with Gasteiger partial charge in [0.25, 0.3) is 14.8 Å². The maximum absolute atomic E-state index is 12.2. The Morgan fingerprint density at radius 1 is 0.851 bits per heavy atom. The van der Waals surface area contributed by atoms with E-state index in [0.717, 1.165) is 28.2 Å². The number of rotatable bonds is 19. The minimum atomic E-state index is -1.12. The number of carboxylic acid groups (broad SMARTS) is 1. The number of aromatic nitrogens is 2. The molecule has 0 spiro atoms. The molecule has 2 heterocycles. The van der Waals surface area contributed by atoms with Crippen molar-refractivity contribution in [1.82, 2.24) is 19.6 Å². The molecule has 0 unspecified atom stereocenters. The van der Waals surface area contributed by atoms with Crippen LogP contribution in [0.2, 0.25) is 0 Å². The fourth-order valence-electron chi connectivity index (χ4n) is 4.86. The lowest BCUT2D eigenvalue weighted by Crippen LogP contribution is -2.40. The molecule has 12 nitrogen and oxygen atoms in total. The van der Waals surface area contributed by atoms with Crippen LogP contribution in [0, 0.1) is 24.7 Å². The molecular formula is C31H48B2N4O8S2. The van der Waals surface area contributed by atoms with E-state index >= 15 is 0 Å². The summed E-state index contributed by atoms with van der Waals surface area (Å²) in [6.07, 6.45) is 1.85. The maximum atomic E-state index is 12.2. The van der Waals surface area contributed by atoms with Gasteiger partial charge in [0, 0.05) is 54.7 Å². The number of carboxylic acids is 1. The molecule has 0 bridgehead atoms. The van der Waals surface area contributed by atoms with E-state index in [4.69, 9.17) is 14.6 Å². The number of aryl methyl sites for hydroxylation is 1. The third-order valence-corrected chi connectivity index (χ3v) is 9.17. The molecule has 0 aliphatic heterocycles. The first kappa shape index (κ1) is 42.1. The predicted octanol–water partition coefficient (Wildman–Crippen LogP) is 4.84. The number of carbonyl (C=O) groups excluding carboxylic acids is 4. The van der Waals surface area contributed by atoms with Crippen LogP contribution in [0.4, 0.5) is 0 Å². The summed E-state index contributed by atoms with van der Waals surface area (Å²) in [5.74, 6) is -1.05. The minimum Gasteiger partial charge on any atom is -0.476 e. The molecule has 4 atom stereocenters. The lowest BCUT2D eigenvalue weighted by Gasteiger charge is -2.32. The van der Waals surface area contributed by atoms with Crippen LogP contribution in [0.5, 0.6) is 0 Å². The van der Waals surface area contributed by atoms with Crippen LogP contribution < -0.4 is 0 Å². The normalized spacial score (nSPS) is 13.9. The smallest absolute Gasteiger partial charge is 0.355 e. The SMILES string of the molecule is CC(=O)O[C@@H](C[C@H](C(C)C)N(C)[B]C=O)c1nc(C(=O)O)cs1.Cc1csc([C@H](C[C@H](C(C)C)N(C)[B]C=O)OC(=O)CC(C)C)n1. The van der Waals surface area contributed by atoms with E-state index in [0.29, 0.717) is 36.4 Å². The topological polar surface area (TPSA) is 156 Å². The van der Waals surface area contributed by atoms with Gasteiger partial charge in [0.05, 0.1) is 12.4 Å². The third kappa shape index (κ3) is 15.2. The fraction of sp³-hybridized carbons (Fsp3) is 0.645. The molecule has 0 aliphatic carbocycles. The number of hydrogen-bond acceptors (Lipinski definition) is 13. The molecule has 47 heavy (non-hydrogen) atoms. The third-order valence-electron chi connectivity index (χ3n) is 7.17. The van der Waals surface area contributed by atoms with Crippen LogP contribution in [0.1, 0.15) is 106 Å². The molecule has 2 aromatic heterocycles. The van der Waals surface area contributed by atoms with Crippen molar-refractivity contribution in [3.63, 3.8) is 0 Å². The van der Waals surface area contributed by atoms with Crippen molar-refractivity contribution in [3.05, 3.63) is 32.2 Å². The molecule has 0 amide bonds. The van der Waals surface area contributed by atoms with Crippen LogP contribution in [-0.2, 0) is 28.7 Å². The number of nitrogens with zero attached hydrogens (tertiary/aromatic N) is 4. The van der Waals surface area contributed by atoms with Gasteiger partial charge in [-0.1, -0.05) is 41.5 Å². The molecule has 0 saturated heterocycles. The summed E-state index contributed by atoms with van der Waals surface area (Å²) in [5, 5.41) is 13.6. The Morgan fingerprint density at radius 3 is 1.68 bits per heavy atom. The molecule has 0 aromatic carbocycles. The first-order chi connectivity index (χ1) is 22.0. The highest BCUT2D eigenvalue weighted by Gasteiger charge is 2.30. The summed E-state index contributed by atoms with van der Waals surface area (Å²) in [6.45, 7) is 15.4. The summed E-state index contributed by atoms with van der Waals surface area (Å²) in [5.41, 5.74) is 0.852. The molecule has 2 radical (unpaired) electrons. The standard InChI is InChI=1S/C17H28BN2O3S.C14H20BN2O5S/c1-11(2)7-16(22)23-15(17-19-13(5)9-24-17)8-14(12(3)4)20(6)18-10-21;1-8(2)11(17(4)15-7-18)5-12(22-9(3)19)13-16-10(6-23-13)14(20)21/h9-12,14-15H,7-8H2,1-6H3;6-8,11-12H,5H2,1-4H3,(H,20,21)/t14-,15+;11-,12+/m11/s1. The largest absolute Gasteiger partial charge is 0.476 e. The van der Waals surface area contributed by atoms with E-state index in [2.05, 4.69) is 23.8 Å². The van der Waals surface area contributed by atoms with Crippen molar-refractivity contribution in [2.75, 3.05) is 14.1 Å². The van der Waals surface area contributed by atoms with Gasteiger partial charge in [0.1, 0.15) is 10.0 Å². The predicted molar refractivity (Wildman–Crippen MR) is 186 cm³/mol. The lowest BCUT2D eigenvalue weighted by molar-refractivity contribution is -0.151. The first-order valence-electron chi connectivity index (χ1n) is 15.5.